The summed E-state index contributed by atoms with van der Waals surface area (Å²) in [6.45, 7) is 17.5. The van der Waals surface area contributed by atoms with Crippen LogP contribution in [0.25, 0.3) is 0 Å². The molecule has 5 nitrogen and oxygen atoms in total. The second-order valence-electron chi connectivity index (χ2n) is 10.4. The van der Waals surface area contributed by atoms with Crippen LogP contribution in [0, 0.1) is 27.7 Å². The molecule has 0 aliphatic carbocycles. The van der Waals surface area contributed by atoms with Gasteiger partial charge in [0.1, 0.15) is 6.54 Å². The number of hydrogen-bond acceptors (Lipinski definition) is 3. The fourth-order valence-electron chi connectivity index (χ4n) is 5.20. The lowest BCUT2D eigenvalue weighted by Gasteiger charge is -2.37. The highest BCUT2D eigenvalue weighted by Crippen LogP contribution is 2.19. The molecule has 0 saturated heterocycles. The SMILES string of the molecule is CCC[N+](CC)(CCCCCNCC(=O)Nc1c(C)cccc1C)CC(=O)Cc1c(C)cccc1C. The topological polar surface area (TPSA) is 58.2 Å². The molecule has 0 bridgehead atoms. The van der Waals surface area contributed by atoms with Crippen LogP contribution in [-0.2, 0) is 16.0 Å². The van der Waals surface area contributed by atoms with Gasteiger partial charge in [-0.2, -0.15) is 0 Å². The van der Waals surface area contributed by atoms with Crippen LogP contribution in [0.15, 0.2) is 36.4 Å². The van der Waals surface area contributed by atoms with Crippen LogP contribution >= 0.6 is 0 Å². The minimum atomic E-state index is -0.000542. The van der Waals surface area contributed by atoms with Crippen LogP contribution in [0.5, 0.6) is 0 Å². The number of hydrogen-bond donors (Lipinski definition) is 2. The summed E-state index contributed by atoms with van der Waals surface area (Å²) in [5.74, 6) is 0.346. The molecule has 2 aromatic carbocycles. The van der Waals surface area contributed by atoms with Crippen molar-refractivity contribution in [2.75, 3.05) is 44.6 Å². The number of rotatable bonds is 16. The van der Waals surface area contributed by atoms with Gasteiger partial charge in [-0.3, -0.25) is 9.59 Å². The lowest BCUT2D eigenvalue weighted by atomic mass is 9.97. The summed E-state index contributed by atoms with van der Waals surface area (Å²) in [5, 5.41) is 6.31. The molecule has 1 atom stereocenters. The Balaban J connectivity index is 1.75. The second-order valence-corrected chi connectivity index (χ2v) is 10.4. The average Bonchev–Trinajstić information content (AvgIpc) is 2.83. The molecule has 0 aromatic heterocycles. The van der Waals surface area contributed by atoms with E-state index in [0.717, 1.165) is 73.2 Å². The van der Waals surface area contributed by atoms with E-state index in [2.05, 4.69) is 56.5 Å². The fraction of sp³-hybridized carbons (Fsp3) is 0.548. The number of ketones is 1. The zero-order valence-electron chi connectivity index (χ0n) is 23.5. The van der Waals surface area contributed by atoms with E-state index >= 15 is 0 Å². The van der Waals surface area contributed by atoms with Crippen LogP contribution < -0.4 is 10.6 Å². The maximum Gasteiger partial charge on any atom is 0.238 e. The van der Waals surface area contributed by atoms with Gasteiger partial charge in [0.05, 0.1) is 26.2 Å². The number of carbonyl (C=O) groups is 2. The third-order valence-corrected chi connectivity index (χ3v) is 7.42. The maximum absolute atomic E-state index is 13.1. The van der Waals surface area contributed by atoms with Gasteiger partial charge in [0, 0.05) is 12.1 Å². The minimum absolute atomic E-state index is 0.000542. The van der Waals surface area contributed by atoms with Gasteiger partial charge in [-0.25, -0.2) is 0 Å². The molecule has 198 valence electrons. The summed E-state index contributed by atoms with van der Waals surface area (Å²) in [4.78, 5) is 25.4. The number of benzene rings is 2. The van der Waals surface area contributed by atoms with Crippen LogP contribution in [0.3, 0.4) is 0 Å². The molecular formula is C31H48N3O2+. The first-order valence-electron chi connectivity index (χ1n) is 13.7. The van der Waals surface area contributed by atoms with Crippen LogP contribution in [0.2, 0.25) is 0 Å². The van der Waals surface area contributed by atoms with E-state index < -0.39 is 0 Å². The van der Waals surface area contributed by atoms with Gasteiger partial charge in [-0.05, 0) is 94.7 Å². The summed E-state index contributed by atoms with van der Waals surface area (Å²) < 4.78 is 0.881. The van der Waals surface area contributed by atoms with Crippen LogP contribution in [0.1, 0.15) is 67.3 Å². The average molecular weight is 495 g/mol. The number of anilines is 1. The Hall–Kier alpha value is -2.50. The van der Waals surface area contributed by atoms with Crippen LogP contribution in [0.4, 0.5) is 5.69 Å². The van der Waals surface area contributed by atoms with E-state index in [1.165, 1.54) is 16.7 Å². The van der Waals surface area contributed by atoms with Crippen molar-refractivity contribution in [3.8, 4) is 0 Å². The highest BCUT2D eigenvalue weighted by Gasteiger charge is 2.27. The fourth-order valence-corrected chi connectivity index (χ4v) is 5.20. The van der Waals surface area contributed by atoms with E-state index in [1.807, 2.05) is 32.0 Å². The molecule has 0 saturated carbocycles. The van der Waals surface area contributed by atoms with Crippen molar-refractivity contribution in [2.45, 2.75) is 73.6 Å². The van der Waals surface area contributed by atoms with E-state index in [0.29, 0.717) is 25.3 Å². The first kappa shape index (κ1) is 29.7. The summed E-state index contributed by atoms with van der Waals surface area (Å²) >= 11 is 0. The molecule has 0 radical (unpaired) electrons. The Morgan fingerprint density at radius 2 is 1.42 bits per heavy atom. The molecule has 2 rings (SSSR count). The highest BCUT2D eigenvalue weighted by molar-refractivity contribution is 5.93. The Morgan fingerprint density at radius 1 is 0.806 bits per heavy atom. The first-order chi connectivity index (χ1) is 17.2. The minimum Gasteiger partial charge on any atom is -0.324 e. The second kappa shape index (κ2) is 14.9. The molecule has 2 aromatic rings. The number of carbonyl (C=O) groups excluding carboxylic acids is 2. The molecule has 1 unspecified atom stereocenters. The van der Waals surface area contributed by atoms with Crippen molar-refractivity contribution in [3.05, 3.63) is 64.2 Å². The molecular weight excluding hydrogens is 446 g/mol. The van der Waals surface area contributed by atoms with Gasteiger partial charge in [-0.1, -0.05) is 43.3 Å². The number of aryl methyl sites for hydroxylation is 4. The molecule has 36 heavy (non-hydrogen) atoms. The Kier molecular flexibility index (Phi) is 12.3. The Bertz CT molecular complexity index is 961. The zero-order valence-corrected chi connectivity index (χ0v) is 23.5. The molecule has 0 aliphatic heterocycles. The third-order valence-electron chi connectivity index (χ3n) is 7.42. The molecule has 0 fully saturated rings. The number of likely N-dealkylation sites (N-methyl/N-ethyl adjacent to an activating group) is 1. The number of quaternary nitrogens is 1. The van der Waals surface area contributed by atoms with Crippen molar-refractivity contribution in [1.82, 2.24) is 5.32 Å². The number of nitrogens with zero attached hydrogens (tertiary/aromatic N) is 1. The maximum atomic E-state index is 13.1. The zero-order chi connectivity index (χ0) is 26.6. The number of nitrogens with one attached hydrogen (secondary N) is 2. The largest absolute Gasteiger partial charge is 0.324 e. The van der Waals surface area contributed by atoms with Gasteiger partial charge in [-0.15, -0.1) is 0 Å². The monoisotopic (exact) mass is 494 g/mol. The molecule has 0 aliphatic rings. The van der Waals surface area contributed by atoms with Crippen molar-refractivity contribution >= 4 is 17.4 Å². The van der Waals surface area contributed by atoms with Gasteiger partial charge >= 0.3 is 0 Å². The first-order valence-corrected chi connectivity index (χ1v) is 13.7. The van der Waals surface area contributed by atoms with Crippen molar-refractivity contribution < 1.29 is 14.1 Å². The van der Waals surface area contributed by atoms with Gasteiger partial charge < -0.3 is 15.1 Å². The normalized spacial score (nSPS) is 12.8. The van der Waals surface area contributed by atoms with E-state index in [-0.39, 0.29) is 5.91 Å². The molecule has 0 heterocycles. The molecule has 1 amide bonds. The van der Waals surface area contributed by atoms with E-state index in [9.17, 15) is 9.59 Å². The summed E-state index contributed by atoms with van der Waals surface area (Å²) in [6, 6.07) is 12.3. The van der Waals surface area contributed by atoms with Crippen molar-refractivity contribution in [2.24, 2.45) is 0 Å². The smallest absolute Gasteiger partial charge is 0.238 e. The predicted molar refractivity (Wildman–Crippen MR) is 152 cm³/mol. The standard InChI is InChI=1S/C31H47N3O2/c1-7-19-34(8-2,23-28(35)21-29-24(3)14-12-15-25(29)4)20-11-9-10-18-32-22-30(36)33-31-26(5)16-13-17-27(31)6/h12-17,32H,7-11,18-23H2,1-6H3/p+1. The quantitative estimate of drug-likeness (QED) is 0.233. The summed E-state index contributed by atoms with van der Waals surface area (Å²) in [5.41, 5.74) is 6.70. The van der Waals surface area contributed by atoms with Crippen molar-refractivity contribution in [3.63, 3.8) is 0 Å². The third kappa shape index (κ3) is 9.18. The summed E-state index contributed by atoms with van der Waals surface area (Å²) in [7, 11) is 0. The van der Waals surface area contributed by atoms with Crippen molar-refractivity contribution in [1.29, 1.82) is 0 Å². The van der Waals surface area contributed by atoms with E-state index in [4.69, 9.17) is 0 Å². The van der Waals surface area contributed by atoms with Gasteiger partial charge in [0.2, 0.25) is 5.91 Å². The predicted octanol–water partition coefficient (Wildman–Crippen LogP) is 5.68. The van der Waals surface area contributed by atoms with Gasteiger partial charge in [0.15, 0.2) is 5.78 Å². The van der Waals surface area contributed by atoms with Crippen LogP contribution in [-0.4, -0.2) is 55.4 Å². The highest BCUT2D eigenvalue weighted by atomic mass is 16.2. The summed E-state index contributed by atoms with van der Waals surface area (Å²) in [6.07, 6.45) is 4.85. The van der Waals surface area contributed by atoms with Gasteiger partial charge in [0.25, 0.3) is 0 Å². The van der Waals surface area contributed by atoms with E-state index in [1.54, 1.807) is 0 Å². The molecule has 0 spiro atoms. The number of Topliss-reactive ketones (excluding diaryl/α,β-unsaturated/α-hetero) is 1. The lowest BCUT2D eigenvalue weighted by Crippen LogP contribution is -2.52. The number of amides is 1. The Labute approximate surface area is 219 Å². The number of para-hydroxylation sites is 1. The Morgan fingerprint density at radius 3 is 2.00 bits per heavy atom. The lowest BCUT2D eigenvalue weighted by molar-refractivity contribution is -0.919. The molecule has 2 N–H and O–H groups in total. The molecule has 5 heteroatoms. The number of unbranched alkanes of at least 4 members (excludes halogenated alkanes) is 2.